The van der Waals surface area contributed by atoms with Gasteiger partial charge in [-0.05, 0) is 87.2 Å². The monoisotopic (exact) mass is 512 g/mol. The Bertz CT molecular complexity index is 1520. The zero-order chi connectivity index (χ0) is 26.6. The van der Waals surface area contributed by atoms with E-state index >= 15 is 0 Å². The number of pyridine rings is 1. The molecule has 0 saturated carbocycles. The van der Waals surface area contributed by atoms with Gasteiger partial charge in [-0.1, -0.05) is 18.2 Å². The molecule has 5 rings (SSSR count). The van der Waals surface area contributed by atoms with Gasteiger partial charge >= 0.3 is 0 Å². The Hall–Kier alpha value is -4.08. The molecule has 1 amide bonds. The van der Waals surface area contributed by atoms with Gasteiger partial charge in [-0.15, -0.1) is 0 Å². The standard InChI is InChI=1S/C29H32N6O3/c1-19-6-11-23(16-20(19)2)35-18-25(28(37)33-38-3)26(36)24-17-30-29(32-27(24)35)31-22-9-7-21(8-10-22)12-15-34-13-4-5-14-34/h6-11,16-18H,4-5,12-15H2,1-3H3,(H,33,37)(H,30,31,32). The first kappa shape index (κ1) is 25.6. The Morgan fingerprint density at radius 3 is 2.53 bits per heavy atom. The molecule has 0 spiro atoms. The highest BCUT2D eigenvalue weighted by Gasteiger charge is 2.18. The molecule has 1 saturated heterocycles. The molecule has 0 radical (unpaired) electrons. The van der Waals surface area contributed by atoms with Crippen LogP contribution in [0.3, 0.4) is 0 Å². The molecule has 2 aromatic heterocycles. The van der Waals surface area contributed by atoms with Crippen LogP contribution < -0.4 is 16.2 Å². The minimum absolute atomic E-state index is 0.0635. The van der Waals surface area contributed by atoms with E-state index in [-0.39, 0.29) is 10.9 Å². The second kappa shape index (κ2) is 11.1. The van der Waals surface area contributed by atoms with Crippen LogP contribution in [0.25, 0.3) is 16.7 Å². The van der Waals surface area contributed by atoms with Gasteiger partial charge in [-0.2, -0.15) is 4.98 Å². The molecule has 38 heavy (non-hydrogen) atoms. The Morgan fingerprint density at radius 1 is 1.05 bits per heavy atom. The van der Waals surface area contributed by atoms with E-state index in [0.717, 1.165) is 35.5 Å². The first-order chi connectivity index (χ1) is 18.4. The molecular formula is C29H32N6O3. The van der Waals surface area contributed by atoms with Gasteiger partial charge < -0.3 is 14.8 Å². The second-order valence-electron chi connectivity index (χ2n) is 9.70. The number of aryl methyl sites for hydroxylation is 2. The summed E-state index contributed by atoms with van der Waals surface area (Å²) in [6, 6.07) is 14.2. The van der Waals surface area contributed by atoms with Crippen LogP contribution >= 0.6 is 0 Å². The maximum absolute atomic E-state index is 13.2. The van der Waals surface area contributed by atoms with Gasteiger partial charge in [0.15, 0.2) is 5.65 Å². The molecular weight excluding hydrogens is 480 g/mol. The number of rotatable bonds is 8. The van der Waals surface area contributed by atoms with Crippen molar-refractivity contribution >= 4 is 28.6 Å². The molecule has 2 aromatic carbocycles. The van der Waals surface area contributed by atoms with Gasteiger partial charge in [0, 0.05) is 30.3 Å². The number of likely N-dealkylation sites (tertiary alicyclic amines) is 1. The maximum Gasteiger partial charge on any atom is 0.280 e. The van der Waals surface area contributed by atoms with Gasteiger partial charge in [-0.3, -0.25) is 14.4 Å². The molecule has 0 bridgehead atoms. The van der Waals surface area contributed by atoms with Crippen LogP contribution in [0.15, 0.2) is 59.7 Å². The number of nitrogens with zero attached hydrogens (tertiary/aromatic N) is 4. The number of aromatic nitrogens is 3. The average Bonchev–Trinajstić information content (AvgIpc) is 3.44. The van der Waals surface area contributed by atoms with Crippen LogP contribution in [0.5, 0.6) is 0 Å². The van der Waals surface area contributed by atoms with E-state index in [1.807, 2.05) is 44.2 Å². The minimum Gasteiger partial charge on any atom is -0.324 e. The zero-order valence-electron chi connectivity index (χ0n) is 22.0. The number of fused-ring (bicyclic) bond motifs is 1. The van der Waals surface area contributed by atoms with Crippen LogP contribution in [-0.2, 0) is 11.3 Å². The molecule has 9 nitrogen and oxygen atoms in total. The third kappa shape index (κ3) is 5.44. The summed E-state index contributed by atoms with van der Waals surface area (Å²) in [5.74, 6) is -0.280. The smallest absolute Gasteiger partial charge is 0.280 e. The van der Waals surface area contributed by atoms with Crippen molar-refractivity contribution in [1.29, 1.82) is 0 Å². The molecule has 1 aliphatic rings. The van der Waals surface area contributed by atoms with Crippen molar-refractivity contribution in [3.05, 3.63) is 87.3 Å². The van der Waals surface area contributed by atoms with Crippen molar-refractivity contribution < 1.29 is 9.63 Å². The van der Waals surface area contributed by atoms with Crippen LogP contribution in [0, 0.1) is 13.8 Å². The van der Waals surface area contributed by atoms with Crippen molar-refractivity contribution in [1.82, 2.24) is 24.9 Å². The average molecular weight is 513 g/mol. The highest BCUT2D eigenvalue weighted by molar-refractivity contribution is 5.96. The lowest BCUT2D eigenvalue weighted by molar-refractivity contribution is 0.0536. The number of nitrogens with one attached hydrogen (secondary N) is 2. The summed E-state index contributed by atoms with van der Waals surface area (Å²) in [5.41, 5.74) is 7.22. The van der Waals surface area contributed by atoms with Gasteiger partial charge in [0.25, 0.3) is 5.91 Å². The first-order valence-corrected chi connectivity index (χ1v) is 12.8. The van der Waals surface area contributed by atoms with Crippen LogP contribution in [0.1, 0.15) is 39.9 Å². The lowest BCUT2D eigenvalue weighted by Crippen LogP contribution is -2.29. The fourth-order valence-electron chi connectivity index (χ4n) is 4.73. The van der Waals surface area contributed by atoms with Crippen LogP contribution in [-0.4, -0.2) is 52.1 Å². The molecule has 4 aromatic rings. The predicted octanol–water partition coefficient (Wildman–Crippen LogP) is 4.07. The van der Waals surface area contributed by atoms with Crippen LogP contribution in [0.4, 0.5) is 11.6 Å². The van der Waals surface area contributed by atoms with Crippen molar-refractivity contribution in [2.45, 2.75) is 33.1 Å². The summed E-state index contributed by atoms with van der Waals surface area (Å²) in [7, 11) is 1.32. The number of hydroxylamine groups is 1. The van der Waals surface area contributed by atoms with E-state index in [4.69, 9.17) is 4.84 Å². The number of hydrogen-bond acceptors (Lipinski definition) is 7. The number of amides is 1. The molecule has 0 atom stereocenters. The number of anilines is 2. The quantitative estimate of drug-likeness (QED) is 0.343. The number of hydrogen-bond donors (Lipinski definition) is 2. The van der Waals surface area contributed by atoms with Crippen molar-refractivity contribution in [3.8, 4) is 5.69 Å². The van der Waals surface area contributed by atoms with Crippen molar-refractivity contribution in [3.63, 3.8) is 0 Å². The topological polar surface area (TPSA) is 101 Å². The molecule has 196 valence electrons. The lowest BCUT2D eigenvalue weighted by Gasteiger charge is -2.15. The highest BCUT2D eigenvalue weighted by atomic mass is 16.6. The fraction of sp³-hybridized carbons (Fsp3) is 0.310. The Labute approximate surface area is 221 Å². The van der Waals surface area contributed by atoms with E-state index in [2.05, 4.69) is 37.8 Å². The second-order valence-corrected chi connectivity index (χ2v) is 9.70. The summed E-state index contributed by atoms with van der Waals surface area (Å²) in [5, 5.41) is 3.48. The van der Waals surface area contributed by atoms with Gasteiger partial charge in [0.2, 0.25) is 11.4 Å². The van der Waals surface area contributed by atoms with E-state index < -0.39 is 11.3 Å². The molecule has 1 fully saturated rings. The summed E-state index contributed by atoms with van der Waals surface area (Å²) < 4.78 is 1.74. The Balaban J connectivity index is 1.47. The highest BCUT2D eigenvalue weighted by Crippen LogP contribution is 2.21. The molecule has 0 unspecified atom stereocenters. The number of carbonyl (C=O) groups is 1. The third-order valence-electron chi connectivity index (χ3n) is 7.08. The van der Waals surface area contributed by atoms with E-state index in [9.17, 15) is 9.59 Å². The summed E-state index contributed by atoms with van der Waals surface area (Å²) >= 11 is 0. The van der Waals surface area contributed by atoms with Gasteiger partial charge in [0.1, 0.15) is 5.56 Å². The number of benzene rings is 2. The normalized spacial score (nSPS) is 13.7. The maximum atomic E-state index is 13.2. The molecule has 2 N–H and O–H groups in total. The summed E-state index contributed by atoms with van der Waals surface area (Å²) in [4.78, 5) is 42.1. The van der Waals surface area contributed by atoms with Gasteiger partial charge in [-0.25, -0.2) is 10.5 Å². The molecule has 0 aliphatic carbocycles. The van der Waals surface area contributed by atoms with Crippen molar-refractivity contribution in [2.75, 3.05) is 32.1 Å². The van der Waals surface area contributed by atoms with E-state index in [0.29, 0.717) is 11.6 Å². The molecule has 3 heterocycles. The zero-order valence-corrected chi connectivity index (χ0v) is 22.0. The van der Waals surface area contributed by atoms with Gasteiger partial charge in [0.05, 0.1) is 12.5 Å². The summed E-state index contributed by atoms with van der Waals surface area (Å²) in [6.45, 7) is 7.53. The molecule has 9 heteroatoms. The predicted molar refractivity (Wildman–Crippen MR) is 148 cm³/mol. The molecule has 1 aliphatic heterocycles. The lowest BCUT2D eigenvalue weighted by atomic mass is 10.1. The number of carbonyl (C=O) groups excluding carboxylic acids is 1. The minimum atomic E-state index is -0.635. The Morgan fingerprint density at radius 2 is 1.82 bits per heavy atom. The SMILES string of the molecule is CONC(=O)c1cn(-c2ccc(C)c(C)c2)c2nc(Nc3ccc(CCN4CCCC4)cc3)ncc2c1=O. The van der Waals surface area contributed by atoms with E-state index in [1.165, 1.54) is 51.0 Å². The summed E-state index contributed by atoms with van der Waals surface area (Å²) in [6.07, 6.45) is 6.57. The van der Waals surface area contributed by atoms with E-state index in [1.54, 1.807) is 4.57 Å². The Kier molecular flexibility index (Phi) is 7.48. The third-order valence-corrected chi connectivity index (χ3v) is 7.08. The van der Waals surface area contributed by atoms with Crippen molar-refractivity contribution in [2.24, 2.45) is 0 Å². The van der Waals surface area contributed by atoms with Crippen LogP contribution in [0.2, 0.25) is 0 Å². The largest absolute Gasteiger partial charge is 0.324 e. The fourth-order valence-corrected chi connectivity index (χ4v) is 4.73. The first-order valence-electron chi connectivity index (χ1n) is 12.8.